The SMILES string of the molecule is CCCC(=O)NC1COC2C1OCC2n1cc(CC2CCCCC2)nn1. The fourth-order valence-corrected chi connectivity index (χ4v) is 4.59. The number of hydrogen-bond acceptors (Lipinski definition) is 5. The van der Waals surface area contributed by atoms with Crippen molar-refractivity contribution < 1.29 is 14.3 Å². The van der Waals surface area contributed by atoms with E-state index in [1.807, 2.05) is 11.6 Å². The Morgan fingerprint density at radius 3 is 2.85 bits per heavy atom. The lowest BCUT2D eigenvalue weighted by atomic mass is 9.86. The fourth-order valence-electron chi connectivity index (χ4n) is 4.59. The molecule has 4 rings (SSSR count). The molecule has 0 spiro atoms. The van der Waals surface area contributed by atoms with Crippen molar-refractivity contribution in [2.75, 3.05) is 13.2 Å². The van der Waals surface area contributed by atoms with E-state index in [0.717, 1.165) is 24.5 Å². The Bertz CT molecular complexity index is 614. The first-order valence-corrected chi connectivity index (χ1v) is 10.2. The van der Waals surface area contributed by atoms with Crippen LogP contribution in [0.5, 0.6) is 0 Å². The molecule has 3 heterocycles. The van der Waals surface area contributed by atoms with Crippen molar-refractivity contribution in [3.8, 4) is 0 Å². The van der Waals surface area contributed by atoms with Crippen molar-refractivity contribution in [2.24, 2.45) is 5.92 Å². The van der Waals surface area contributed by atoms with Gasteiger partial charge < -0.3 is 14.8 Å². The molecule has 0 aromatic carbocycles. The molecule has 1 aliphatic carbocycles. The van der Waals surface area contributed by atoms with Gasteiger partial charge in [0.1, 0.15) is 18.2 Å². The van der Waals surface area contributed by atoms with Gasteiger partial charge in [0.25, 0.3) is 0 Å². The first kappa shape index (κ1) is 17.9. The maximum absolute atomic E-state index is 11.9. The number of nitrogens with one attached hydrogen (secondary N) is 1. The molecule has 7 heteroatoms. The second kappa shape index (κ2) is 8.05. The summed E-state index contributed by atoms with van der Waals surface area (Å²) in [6.45, 7) is 3.07. The van der Waals surface area contributed by atoms with Crippen LogP contribution in [-0.2, 0) is 20.7 Å². The van der Waals surface area contributed by atoms with Crippen LogP contribution in [0.25, 0.3) is 0 Å². The predicted molar refractivity (Wildman–Crippen MR) is 95.7 cm³/mol. The Morgan fingerprint density at radius 2 is 2.04 bits per heavy atom. The van der Waals surface area contributed by atoms with E-state index in [2.05, 4.69) is 21.8 Å². The zero-order valence-electron chi connectivity index (χ0n) is 15.6. The van der Waals surface area contributed by atoms with Crippen molar-refractivity contribution in [1.82, 2.24) is 20.3 Å². The fraction of sp³-hybridized carbons (Fsp3) is 0.842. The number of carbonyl (C=O) groups excluding carboxylic acids is 1. The third kappa shape index (κ3) is 3.78. The number of rotatable bonds is 6. The number of hydrogen-bond donors (Lipinski definition) is 1. The minimum absolute atomic E-state index is 0.0423. The van der Waals surface area contributed by atoms with Crippen molar-refractivity contribution in [1.29, 1.82) is 0 Å². The highest BCUT2D eigenvalue weighted by molar-refractivity contribution is 5.76. The summed E-state index contributed by atoms with van der Waals surface area (Å²) >= 11 is 0. The number of amides is 1. The monoisotopic (exact) mass is 362 g/mol. The molecule has 1 aromatic rings. The van der Waals surface area contributed by atoms with E-state index in [1.54, 1.807) is 0 Å². The van der Waals surface area contributed by atoms with Crippen molar-refractivity contribution in [3.63, 3.8) is 0 Å². The Hall–Kier alpha value is -1.47. The van der Waals surface area contributed by atoms with Gasteiger partial charge >= 0.3 is 0 Å². The van der Waals surface area contributed by atoms with Crippen LogP contribution in [0.3, 0.4) is 0 Å². The van der Waals surface area contributed by atoms with E-state index in [-0.39, 0.29) is 30.2 Å². The molecule has 1 amide bonds. The summed E-state index contributed by atoms with van der Waals surface area (Å²) in [5, 5.41) is 11.8. The lowest BCUT2D eigenvalue weighted by Gasteiger charge is -2.20. The maximum Gasteiger partial charge on any atom is 0.220 e. The molecule has 3 aliphatic rings. The highest BCUT2D eigenvalue weighted by Gasteiger charge is 2.49. The zero-order valence-corrected chi connectivity index (χ0v) is 15.6. The number of aromatic nitrogens is 3. The predicted octanol–water partition coefficient (Wildman–Crippen LogP) is 2.02. The summed E-state index contributed by atoms with van der Waals surface area (Å²) in [4.78, 5) is 11.9. The Balaban J connectivity index is 1.35. The second-order valence-corrected chi connectivity index (χ2v) is 7.99. The van der Waals surface area contributed by atoms with Gasteiger partial charge in [-0.2, -0.15) is 0 Å². The van der Waals surface area contributed by atoms with Crippen molar-refractivity contribution in [2.45, 2.75) is 82.6 Å². The van der Waals surface area contributed by atoms with Crippen LogP contribution < -0.4 is 5.32 Å². The van der Waals surface area contributed by atoms with Crippen LogP contribution in [0.15, 0.2) is 6.20 Å². The number of nitrogens with zero attached hydrogens (tertiary/aromatic N) is 3. The molecule has 26 heavy (non-hydrogen) atoms. The molecular weight excluding hydrogens is 332 g/mol. The van der Waals surface area contributed by atoms with Gasteiger partial charge in [-0.15, -0.1) is 5.10 Å². The van der Waals surface area contributed by atoms with Crippen LogP contribution in [0.1, 0.15) is 63.6 Å². The number of ether oxygens (including phenoxy) is 2. The smallest absolute Gasteiger partial charge is 0.220 e. The average Bonchev–Trinajstić information content (AvgIpc) is 3.34. The van der Waals surface area contributed by atoms with E-state index in [0.29, 0.717) is 19.6 Å². The Morgan fingerprint density at radius 1 is 1.23 bits per heavy atom. The molecule has 0 radical (unpaired) electrons. The molecular formula is C19H30N4O3. The molecule has 1 N–H and O–H groups in total. The van der Waals surface area contributed by atoms with Gasteiger partial charge in [-0.1, -0.05) is 44.2 Å². The molecule has 144 valence electrons. The normalized spacial score (nSPS) is 31.9. The lowest BCUT2D eigenvalue weighted by molar-refractivity contribution is -0.122. The first-order valence-electron chi connectivity index (χ1n) is 10.2. The van der Waals surface area contributed by atoms with E-state index in [9.17, 15) is 4.79 Å². The van der Waals surface area contributed by atoms with Crippen LogP contribution in [-0.4, -0.2) is 52.4 Å². The van der Waals surface area contributed by atoms with Gasteiger partial charge in [0.2, 0.25) is 5.91 Å². The summed E-state index contributed by atoms with van der Waals surface area (Å²) in [7, 11) is 0. The van der Waals surface area contributed by atoms with Gasteiger partial charge in [0.05, 0.1) is 24.9 Å². The highest BCUT2D eigenvalue weighted by atomic mass is 16.6. The number of fused-ring (bicyclic) bond motifs is 1. The molecule has 2 saturated heterocycles. The summed E-state index contributed by atoms with van der Waals surface area (Å²) < 4.78 is 13.8. The molecule has 3 fully saturated rings. The minimum atomic E-state index is -0.0909. The van der Waals surface area contributed by atoms with Gasteiger partial charge in [0.15, 0.2) is 0 Å². The third-order valence-corrected chi connectivity index (χ3v) is 5.97. The van der Waals surface area contributed by atoms with Gasteiger partial charge in [-0.05, 0) is 18.8 Å². The second-order valence-electron chi connectivity index (χ2n) is 7.99. The molecule has 4 atom stereocenters. The van der Waals surface area contributed by atoms with Crippen LogP contribution in [0.4, 0.5) is 0 Å². The lowest BCUT2D eigenvalue weighted by Crippen LogP contribution is -2.44. The van der Waals surface area contributed by atoms with Gasteiger partial charge in [0, 0.05) is 12.6 Å². The minimum Gasteiger partial charge on any atom is -0.371 e. The maximum atomic E-state index is 11.9. The Kier molecular flexibility index (Phi) is 5.55. The van der Waals surface area contributed by atoms with Gasteiger partial charge in [-0.25, -0.2) is 4.68 Å². The molecule has 7 nitrogen and oxygen atoms in total. The van der Waals surface area contributed by atoms with Crippen LogP contribution in [0, 0.1) is 5.92 Å². The molecule has 4 unspecified atom stereocenters. The molecule has 0 bridgehead atoms. The van der Waals surface area contributed by atoms with Gasteiger partial charge in [-0.3, -0.25) is 4.79 Å². The van der Waals surface area contributed by atoms with Crippen molar-refractivity contribution >= 4 is 5.91 Å². The molecule has 1 aromatic heterocycles. The van der Waals surface area contributed by atoms with Crippen molar-refractivity contribution in [3.05, 3.63) is 11.9 Å². The Labute approximate surface area is 154 Å². The standard InChI is InChI=1S/C19H30N4O3/c1-2-6-17(24)20-15-11-25-19-16(12-26-18(15)19)23-10-14(21-22-23)9-13-7-4-3-5-8-13/h10,13,15-16,18-19H,2-9,11-12H2,1H3,(H,20,24). The van der Waals surface area contributed by atoms with E-state index in [4.69, 9.17) is 9.47 Å². The zero-order chi connectivity index (χ0) is 17.9. The third-order valence-electron chi connectivity index (χ3n) is 5.97. The van der Waals surface area contributed by atoms with Crippen LogP contribution >= 0.6 is 0 Å². The summed E-state index contributed by atoms with van der Waals surface area (Å²) in [5.74, 6) is 0.826. The van der Waals surface area contributed by atoms with Crippen LogP contribution in [0.2, 0.25) is 0 Å². The summed E-state index contributed by atoms with van der Waals surface area (Å²) in [6, 6.07) is -0.0186. The highest BCUT2D eigenvalue weighted by Crippen LogP contribution is 2.34. The van der Waals surface area contributed by atoms with E-state index < -0.39 is 0 Å². The number of carbonyl (C=O) groups is 1. The van der Waals surface area contributed by atoms with E-state index >= 15 is 0 Å². The molecule has 2 aliphatic heterocycles. The van der Waals surface area contributed by atoms with E-state index in [1.165, 1.54) is 32.1 Å². The summed E-state index contributed by atoms with van der Waals surface area (Å²) in [6.07, 6.45) is 11.0. The first-order chi connectivity index (χ1) is 12.7. The topological polar surface area (TPSA) is 78.3 Å². The largest absolute Gasteiger partial charge is 0.371 e. The quantitative estimate of drug-likeness (QED) is 0.838. The summed E-state index contributed by atoms with van der Waals surface area (Å²) in [5.41, 5.74) is 1.08. The average molecular weight is 362 g/mol. The molecule has 1 saturated carbocycles.